The van der Waals surface area contributed by atoms with Gasteiger partial charge in [0.15, 0.2) is 5.82 Å². The molecule has 0 saturated heterocycles. The van der Waals surface area contributed by atoms with Gasteiger partial charge in [0.25, 0.3) is 5.56 Å². The van der Waals surface area contributed by atoms with Crippen LogP contribution in [0.15, 0.2) is 40.1 Å². The number of nitriles is 1. The number of nitrogen functional groups attached to an aromatic ring is 1. The Hall–Kier alpha value is -4.00. The van der Waals surface area contributed by atoms with Crippen LogP contribution in [-0.4, -0.2) is 24.1 Å². The monoisotopic (exact) mass is 392 g/mol. The van der Waals surface area contributed by atoms with Gasteiger partial charge in [0.1, 0.15) is 11.6 Å². The van der Waals surface area contributed by atoms with Gasteiger partial charge in [-0.2, -0.15) is 20.2 Å². The molecule has 10 nitrogen and oxygen atoms in total. The molecule has 0 aliphatic carbocycles. The Morgan fingerprint density at radius 2 is 1.93 bits per heavy atom. The third-order valence-electron chi connectivity index (χ3n) is 4.34. The molecule has 0 unspecified atom stereocenters. The lowest BCUT2D eigenvalue weighted by atomic mass is 10.1. The Labute approximate surface area is 166 Å². The maximum absolute atomic E-state index is 12.5. The van der Waals surface area contributed by atoms with E-state index in [1.807, 2.05) is 37.3 Å². The number of hydrogen-bond donors (Lipinski definition) is 2. The van der Waals surface area contributed by atoms with Crippen molar-refractivity contribution in [2.24, 2.45) is 0 Å². The van der Waals surface area contributed by atoms with E-state index in [2.05, 4.69) is 20.3 Å². The van der Waals surface area contributed by atoms with Gasteiger partial charge in [-0.15, -0.1) is 0 Å². The molecule has 3 aromatic rings. The Kier molecular flexibility index (Phi) is 5.69. The van der Waals surface area contributed by atoms with E-state index in [9.17, 15) is 14.9 Å². The molecule has 29 heavy (non-hydrogen) atoms. The fraction of sp³-hybridized carbons (Fsp3) is 0.263. The molecule has 0 spiro atoms. The quantitative estimate of drug-likeness (QED) is 0.632. The molecule has 0 atom stereocenters. The van der Waals surface area contributed by atoms with Gasteiger partial charge in [0.2, 0.25) is 11.9 Å². The summed E-state index contributed by atoms with van der Waals surface area (Å²) in [6, 6.07) is 9.49. The Bertz CT molecular complexity index is 1210. The fourth-order valence-corrected chi connectivity index (χ4v) is 2.87. The smallest absolute Gasteiger partial charge is 0.331 e. The highest BCUT2D eigenvalue weighted by Crippen LogP contribution is 2.19. The van der Waals surface area contributed by atoms with E-state index >= 15 is 0 Å². The van der Waals surface area contributed by atoms with Crippen molar-refractivity contribution in [1.29, 1.82) is 5.26 Å². The van der Waals surface area contributed by atoms with Crippen LogP contribution in [0.4, 0.5) is 17.6 Å². The minimum Gasteiger partial charge on any atom is -0.368 e. The number of nitrogens with zero attached hydrogens (tertiary/aromatic N) is 6. The van der Waals surface area contributed by atoms with Crippen LogP contribution < -0.4 is 22.3 Å². The summed E-state index contributed by atoms with van der Waals surface area (Å²) in [5.74, 6) is 0.284. The van der Waals surface area contributed by atoms with Crippen molar-refractivity contribution < 1.29 is 0 Å². The number of anilines is 3. The highest BCUT2D eigenvalue weighted by Gasteiger charge is 2.14. The molecule has 0 saturated carbocycles. The van der Waals surface area contributed by atoms with E-state index in [-0.39, 0.29) is 29.8 Å². The van der Waals surface area contributed by atoms with Crippen LogP contribution >= 0.6 is 0 Å². The van der Waals surface area contributed by atoms with E-state index in [4.69, 9.17) is 5.73 Å². The van der Waals surface area contributed by atoms with Crippen molar-refractivity contribution in [1.82, 2.24) is 24.1 Å². The molecule has 148 valence electrons. The average Bonchev–Trinajstić information content (AvgIpc) is 2.71. The van der Waals surface area contributed by atoms with E-state index in [0.29, 0.717) is 6.54 Å². The number of para-hydroxylation sites is 1. The zero-order valence-corrected chi connectivity index (χ0v) is 16.1. The molecule has 3 rings (SSSR count). The number of benzene rings is 1. The summed E-state index contributed by atoms with van der Waals surface area (Å²) in [5, 5.41) is 12.3. The number of nitrogens with two attached hydrogens (primary N) is 1. The highest BCUT2D eigenvalue weighted by molar-refractivity contribution is 5.58. The number of rotatable bonds is 6. The molecule has 0 fully saturated rings. The first-order valence-corrected chi connectivity index (χ1v) is 9.06. The van der Waals surface area contributed by atoms with Gasteiger partial charge in [-0.25, -0.2) is 4.79 Å². The molecule has 10 heteroatoms. The van der Waals surface area contributed by atoms with Crippen molar-refractivity contribution in [2.75, 3.05) is 11.1 Å². The SMILES string of the molecule is CCc1ccccc1Nc1nc(N)nc(Cn2c(=O)c(C#N)cn(CC)c2=O)n1. The van der Waals surface area contributed by atoms with E-state index < -0.39 is 11.2 Å². The number of nitrogens with one attached hydrogen (secondary N) is 1. The molecule has 2 aromatic heterocycles. The van der Waals surface area contributed by atoms with E-state index in [0.717, 1.165) is 22.2 Å². The Morgan fingerprint density at radius 3 is 2.62 bits per heavy atom. The highest BCUT2D eigenvalue weighted by atomic mass is 16.2. The first kappa shape index (κ1) is 19.8. The lowest BCUT2D eigenvalue weighted by Gasteiger charge is -2.12. The normalized spacial score (nSPS) is 10.5. The van der Waals surface area contributed by atoms with Crippen LogP contribution in [0.3, 0.4) is 0 Å². The van der Waals surface area contributed by atoms with Gasteiger partial charge in [0.05, 0.1) is 6.54 Å². The van der Waals surface area contributed by atoms with Crippen molar-refractivity contribution in [3.8, 4) is 6.07 Å². The zero-order chi connectivity index (χ0) is 21.0. The number of hydrogen-bond acceptors (Lipinski definition) is 8. The number of aromatic nitrogens is 5. The number of aryl methyl sites for hydroxylation is 2. The molecule has 0 radical (unpaired) electrons. The standard InChI is InChI=1S/C19H20N8O2/c1-3-12-7-5-6-8-14(12)22-18-24-15(23-17(21)25-18)11-27-16(28)13(9-20)10-26(4-2)19(27)29/h5-8,10H,3-4,11H2,1-2H3,(H3,21,22,23,24,25). The molecule has 1 aromatic carbocycles. The van der Waals surface area contributed by atoms with Crippen molar-refractivity contribution >= 4 is 17.6 Å². The topological polar surface area (TPSA) is 145 Å². The first-order chi connectivity index (χ1) is 14.0. The van der Waals surface area contributed by atoms with Crippen LogP contribution in [0.1, 0.15) is 30.8 Å². The predicted molar refractivity (Wildman–Crippen MR) is 108 cm³/mol. The second-order valence-electron chi connectivity index (χ2n) is 6.18. The molecule has 2 heterocycles. The van der Waals surface area contributed by atoms with Crippen molar-refractivity contribution in [3.63, 3.8) is 0 Å². The van der Waals surface area contributed by atoms with Crippen molar-refractivity contribution in [3.05, 3.63) is 68.3 Å². The maximum Gasteiger partial charge on any atom is 0.331 e. The summed E-state index contributed by atoms with van der Waals surface area (Å²) in [7, 11) is 0. The van der Waals surface area contributed by atoms with Gasteiger partial charge in [-0.3, -0.25) is 13.9 Å². The summed E-state index contributed by atoms with van der Waals surface area (Å²) in [6.45, 7) is 3.85. The van der Waals surface area contributed by atoms with Crippen LogP contribution in [0, 0.1) is 11.3 Å². The van der Waals surface area contributed by atoms with Crippen LogP contribution in [0.5, 0.6) is 0 Å². The van der Waals surface area contributed by atoms with Crippen LogP contribution in [-0.2, 0) is 19.5 Å². The Morgan fingerprint density at radius 1 is 1.17 bits per heavy atom. The Balaban J connectivity index is 2.01. The molecular formula is C19H20N8O2. The van der Waals surface area contributed by atoms with Gasteiger partial charge in [-0.1, -0.05) is 25.1 Å². The lowest BCUT2D eigenvalue weighted by Crippen LogP contribution is -2.41. The van der Waals surface area contributed by atoms with E-state index in [1.54, 1.807) is 6.92 Å². The van der Waals surface area contributed by atoms with E-state index in [1.165, 1.54) is 10.8 Å². The van der Waals surface area contributed by atoms with Gasteiger partial charge in [0, 0.05) is 18.4 Å². The zero-order valence-electron chi connectivity index (χ0n) is 16.1. The summed E-state index contributed by atoms with van der Waals surface area (Å²) in [5.41, 5.74) is 6.30. The fourth-order valence-electron chi connectivity index (χ4n) is 2.87. The molecule has 0 bridgehead atoms. The largest absolute Gasteiger partial charge is 0.368 e. The summed E-state index contributed by atoms with van der Waals surface area (Å²) < 4.78 is 2.20. The summed E-state index contributed by atoms with van der Waals surface area (Å²) in [4.78, 5) is 37.4. The minimum absolute atomic E-state index is 0.0493. The average molecular weight is 392 g/mol. The maximum atomic E-state index is 12.5. The molecule has 0 aliphatic heterocycles. The summed E-state index contributed by atoms with van der Waals surface area (Å²) in [6.07, 6.45) is 2.06. The summed E-state index contributed by atoms with van der Waals surface area (Å²) >= 11 is 0. The molecular weight excluding hydrogens is 372 g/mol. The van der Waals surface area contributed by atoms with Gasteiger partial charge in [-0.05, 0) is 25.0 Å². The second kappa shape index (κ2) is 8.35. The lowest BCUT2D eigenvalue weighted by molar-refractivity contribution is 0.585. The third-order valence-corrected chi connectivity index (χ3v) is 4.34. The third kappa shape index (κ3) is 4.14. The van der Waals surface area contributed by atoms with Gasteiger partial charge >= 0.3 is 5.69 Å². The van der Waals surface area contributed by atoms with Crippen LogP contribution in [0.25, 0.3) is 0 Å². The van der Waals surface area contributed by atoms with Gasteiger partial charge < -0.3 is 11.1 Å². The minimum atomic E-state index is -0.702. The molecule has 0 amide bonds. The predicted octanol–water partition coefficient (Wildman–Crippen LogP) is 1.02. The molecule has 3 N–H and O–H groups in total. The second-order valence-corrected chi connectivity index (χ2v) is 6.18. The van der Waals surface area contributed by atoms with Crippen LogP contribution in [0.2, 0.25) is 0 Å². The molecule has 0 aliphatic rings. The first-order valence-electron chi connectivity index (χ1n) is 9.06. The van der Waals surface area contributed by atoms with Crippen molar-refractivity contribution in [2.45, 2.75) is 33.4 Å².